The van der Waals surface area contributed by atoms with Gasteiger partial charge in [-0.2, -0.15) is 0 Å². The molecule has 0 atom stereocenters. The van der Waals surface area contributed by atoms with Crippen LogP contribution in [0.1, 0.15) is 22.3 Å². The highest BCUT2D eigenvalue weighted by atomic mass is 31.2. The Morgan fingerprint density at radius 1 is 0.679 bits per heavy atom. The molecule has 0 fully saturated rings. The maximum Gasteiger partial charge on any atom is 0.584 e. The molecule has 0 saturated heterocycles. The van der Waals surface area contributed by atoms with Crippen LogP contribution in [0.2, 0.25) is 0 Å². The molecule has 0 aromatic heterocycles. The smallest absolute Gasteiger partial charge is 0.399 e. The molecule has 0 unspecified atom stereocenters. The molecular formula is C22H26NO4P. The van der Waals surface area contributed by atoms with Gasteiger partial charge >= 0.3 is 7.82 Å². The third kappa shape index (κ3) is 6.15. The van der Waals surface area contributed by atoms with E-state index >= 15 is 0 Å². The minimum atomic E-state index is -4.24. The molecule has 0 saturated carbocycles. The van der Waals surface area contributed by atoms with Crippen molar-refractivity contribution in [2.45, 2.75) is 27.7 Å². The average Bonchev–Trinajstić information content (AvgIpc) is 2.63. The monoisotopic (exact) mass is 399 g/mol. The largest absolute Gasteiger partial charge is 0.584 e. The van der Waals surface area contributed by atoms with Crippen LogP contribution in [-0.4, -0.2) is 4.89 Å². The third-order valence-electron chi connectivity index (χ3n) is 4.03. The van der Waals surface area contributed by atoms with Crippen molar-refractivity contribution in [2.24, 2.45) is 0 Å². The molecule has 0 aliphatic carbocycles. The minimum absolute atomic E-state index is 0.384. The standard InChI is InChI=1S/C16H19O4P.C6H7N/c1-11-7-5-8-12(2)15(11)19-21(17,18)20-16-13(3)9-6-10-14(16)4;7-6-4-2-1-3-5-6/h5-10H,1-4H3,(H,17,18);1-5H,7H2. The number of phosphoric ester groups is 1. The second kappa shape index (κ2) is 9.45. The zero-order valence-electron chi connectivity index (χ0n) is 16.5. The normalized spacial score (nSPS) is 10.6. The summed E-state index contributed by atoms with van der Waals surface area (Å²) < 4.78 is 22.8. The average molecular weight is 399 g/mol. The first-order valence-corrected chi connectivity index (χ1v) is 10.3. The lowest BCUT2D eigenvalue weighted by Crippen LogP contribution is -2.04. The second-order valence-corrected chi connectivity index (χ2v) is 7.81. The second-order valence-electron chi connectivity index (χ2n) is 6.50. The summed E-state index contributed by atoms with van der Waals surface area (Å²) in [6, 6.07) is 20.5. The molecule has 148 valence electrons. The molecule has 0 heterocycles. The van der Waals surface area contributed by atoms with E-state index < -0.39 is 7.82 Å². The fourth-order valence-electron chi connectivity index (χ4n) is 2.59. The highest BCUT2D eigenvalue weighted by Gasteiger charge is 2.28. The van der Waals surface area contributed by atoms with Crippen LogP contribution in [0.4, 0.5) is 5.69 Å². The van der Waals surface area contributed by atoms with E-state index in [-0.39, 0.29) is 0 Å². The third-order valence-corrected chi connectivity index (χ3v) is 4.86. The minimum Gasteiger partial charge on any atom is -0.399 e. The summed E-state index contributed by atoms with van der Waals surface area (Å²) in [4.78, 5) is 10.0. The summed E-state index contributed by atoms with van der Waals surface area (Å²) in [5, 5.41) is 0. The Bertz CT molecular complexity index is 876. The van der Waals surface area contributed by atoms with Crippen molar-refractivity contribution in [1.29, 1.82) is 0 Å². The molecule has 0 spiro atoms. The number of hydrogen-bond donors (Lipinski definition) is 2. The van der Waals surface area contributed by atoms with Crippen LogP contribution in [-0.2, 0) is 4.57 Å². The Labute approximate surface area is 166 Å². The van der Waals surface area contributed by atoms with Crippen molar-refractivity contribution in [3.05, 3.63) is 89.0 Å². The zero-order chi connectivity index (χ0) is 20.7. The number of nitrogens with two attached hydrogens (primary N) is 1. The molecule has 6 heteroatoms. The number of benzene rings is 3. The fraction of sp³-hybridized carbons (Fsp3) is 0.182. The van der Waals surface area contributed by atoms with Gasteiger partial charge in [0.1, 0.15) is 11.5 Å². The maximum atomic E-state index is 12.3. The Kier molecular flexibility index (Phi) is 7.27. The first-order valence-electron chi connectivity index (χ1n) is 8.84. The molecule has 3 aromatic carbocycles. The van der Waals surface area contributed by atoms with Gasteiger partial charge in [-0.25, -0.2) is 4.57 Å². The van der Waals surface area contributed by atoms with E-state index in [1.54, 1.807) is 0 Å². The molecule has 0 amide bonds. The Hall–Kier alpha value is -2.75. The summed E-state index contributed by atoms with van der Waals surface area (Å²) in [7, 11) is -4.24. The number of para-hydroxylation sites is 3. The van der Waals surface area contributed by atoms with Gasteiger partial charge in [0.15, 0.2) is 0 Å². The van der Waals surface area contributed by atoms with Crippen LogP contribution in [0.3, 0.4) is 0 Å². The highest BCUT2D eigenvalue weighted by Crippen LogP contribution is 2.47. The van der Waals surface area contributed by atoms with E-state index in [0.29, 0.717) is 11.5 Å². The topological polar surface area (TPSA) is 81.8 Å². The molecule has 0 aliphatic rings. The van der Waals surface area contributed by atoms with Gasteiger partial charge in [0, 0.05) is 5.69 Å². The highest BCUT2D eigenvalue weighted by molar-refractivity contribution is 7.48. The van der Waals surface area contributed by atoms with Crippen LogP contribution in [0, 0.1) is 27.7 Å². The van der Waals surface area contributed by atoms with Crippen molar-refractivity contribution in [3.63, 3.8) is 0 Å². The molecule has 0 aliphatic heterocycles. The number of aryl methyl sites for hydroxylation is 4. The SMILES string of the molecule is Cc1cccc(C)c1OP(=O)(O)Oc1c(C)cccc1C.Nc1ccccc1. The molecular weight excluding hydrogens is 373 g/mol. The zero-order valence-corrected chi connectivity index (χ0v) is 17.4. The van der Waals surface area contributed by atoms with Crippen LogP contribution >= 0.6 is 7.82 Å². The van der Waals surface area contributed by atoms with Crippen LogP contribution in [0.15, 0.2) is 66.7 Å². The molecule has 3 N–H and O–H groups in total. The van der Waals surface area contributed by atoms with E-state index in [4.69, 9.17) is 14.8 Å². The number of nitrogen functional groups attached to an aromatic ring is 1. The van der Waals surface area contributed by atoms with Crippen molar-refractivity contribution in [1.82, 2.24) is 0 Å². The summed E-state index contributed by atoms with van der Waals surface area (Å²) >= 11 is 0. The van der Waals surface area contributed by atoms with Gasteiger partial charge in [0.05, 0.1) is 0 Å². The van der Waals surface area contributed by atoms with Crippen LogP contribution < -0.4 is 14.8 Å². The predicted molar refractivity (Wildman–Crippen MR) is 114 cm³/mol. The number of rotatable bonds is 4. The van der Waals surface area contributed by atoms with Gasteiger partial charge in [-0.3, -0.25) is 4.89 Å². The number of hydrogen-bond acceptors (Lipinski definition) is 4. The van der Waals surface area contributed by atoms with E-state index in [1.165, 1.54) is 0 Å². The molecule has 0 radical (unpaired) electrons. The lowest BCUT2D eigenvalue weighted by molar-refractivity contribution is 0.288. The summed E-state index contributed by atoms with van der Waals surface area (Å²) in [6.07, 6.45) is 0. The van der Waals surface area contributed by atoms with Crippen molar-refractivity contribution in [2.75, 3.05) is 5.73 Å². The van der Waals surface area contributed by atoms with Crippen molar-refractivity contribution in [3.8, 4) is 11.5 Å². The first-order chi connectivity index (χ1) is 13.2. The Morgan fingerprint density at radius 3 is 1.32 bits per heavy atom. The van der Waals surface area contributed by atoms with E-state index in [2.05, 4.69) is 0 Å². The van der Waals surface area contributed by atoms with Crippen molar-refractivity contribution < 1.29 is 18.5 Å². The van der Waals surface area contributed by atoms with Crippen molar-refractivity contribution >= 4 is 13.5 Å². The van der Waals surface area contributed by atoms with Gasteiger partial charge < -0.3 is 14.8 Å². The lowest BCUT2D eigenvalue weighted by atomic mass is 10.1. The lowest BCUT2D eigenvalue weighted by Gasteiger charge is -2.18. The Balaban J connectivity index is 0.000000336. The quantitative estimate of drug-likeness (QED) is 0.431. The molecule has 5 nitrogen and oxygen atoms in total. The summed E-state index contributed by atoms with van der Waals surface area (Å²) in [5.41, 5.74) is 9.33. The van der Waals surface area contributed by atoms with Gasteiger partial charge in [0.2, 0.25) is 0 Å². The fourth-order valence-corrected chi connectivity index (χ4v) is 3.66. The molecule has 0 bridgehead atoms. The van der Waals surface area contributed by atoms with Crippen LogP contribution in [0.25, 0.3) is 0 Å². The summed E-state index contributed by atoms with van der Waals surface area (Å²) in [6.45, 7) is 7.28. The number of anilines is 1. The van der Waals surface area contributed by atoms with Gasteiger partial charge in [-0.1, -0.05) is 54.6 Å². The first kappa shape index (κ1) is 21.5. The van der Waals surface area contributed by atoms with E-state index in [1.807, 2.05) is 94.4 Å². The van der Waals surface area contributed by atoms with Crippen LogP contribution in [0.5, 0.6) is 11.5 Å². The molecule has 3 aromatic rings. The summed E-state index contributed by atoms with van der Waals surface area (Å²) in [5.74, 6) is 0.768. The Morgan fingerprint density at radius 2 is 1.04 bits per heavy atom. The predicted octanol–water partition coefficient (Wildman–Crippen LogP) is 5.75. The van der Waals surface area contributed by atoms with Gasteiger partial charge in [0.25, 0.3) is 0 Å². The van der Waals surface area contributed by atoms with E-state index in [0.717, 1.165) is 27.9 Å². The maximum absolute atomic E-state index is 12.3. The molecule has 3 rings (SSSR count). The number of phosphoric acid groups is 1. The van der Waals surface area contributed by atoms with Gasteiger partial charge in [-0.05, 0) is 62.1 Å². The van der Waals surface area contributed by atoms with E-state index in [9.17, 15) is 9.46 Å². The molecule has 28 heavy (non-hydrogen) atoms. The van der Waals surface area contributed by atoms with Gasteiger partial charge in [-0.15, -0.1) is 0 Å².